The highest BCUT2D eigenvalue weighted by molar-refractivity contribution is 5.85. The first-order chi connectivity index (χ1) is 20.2. The number of hydrogen-bond donors (Lipinski definition) is 5. The van der Waals surface area contributed by atoms with Crippen LogP contribution in [-0.4, -0.2) is 70.0 Å². The average Bonchev–Trinajstić information content (AvgIpc) is 2.99. The lowest BCUT2D eigenvalue weighted by molar-refractivity contribution is -0.192. The minimum absolute atomic E-state index is 0.293. The predicted octanol–water partition coefficient (Wildman–Crippen LogP) is 4.43. The summed E-state index contributed by atoms with van der Waals surface area (Å²) in [7, 11) is 0. The monoisotopic (exact) mass is 583 g/mol. The van der Waals surface area contributed by atoms with Gasteiger partial charge in [-0.05, 0) is 46.9 Å². The highest BCUT2D eigenvalue weighted by Gasteiger charge is 2.38. The van der Waals surface area contributed by atoms with Crippen molar-refractivity contribution in [2.45, 2.75) is 25.6 Å². The number of nitrogens with one attached hydrogen (secondary N) is 3. The van der Waals surface area contributed by atoms with Gasteiger partial charge in [0.1, 0.15) is 5.75 Å². The lowest BCUT2D eigenvalue weighted by Gasteiger charge is -2.27. The number of rotatable bonds is 9. The van der Waals surface area contributed by atoms with Crippen LogP contribution in [0.4, 0.5) is 31.0 Å². The second-order valence-corrected chi connectivity index (χ2v) is 9.51. The number of aliphatic carboxylic acids is 1. The molecule has 0 bridgehead atoms. The van der Waals surface area contributed by atoms with E-state index in [1.807, 2.05) is 12.1 Å². The van der Waals surface area contributed by atoms with Gasteiger partial charge in [0.25, 0.3) is 0 Å². The molecule has 1 aromatic heterocycles. The van der Waals surface area contributed by atoms with Gasteiger partial charge in [0.2, 0.25) is 17.8 Å². The number of carbonyl (C=O) groups is 1. The Balaban J connectivity index is 0.000000517. The summed E-state index contributed by atoms with van der Waals surface area (Å²) in [6.07, 6.45) is -3.24. The Morgan fingerprint density at radius 1 is 0.905 bits per heavy atom. The first kappa shape index (κ1) is 30.3. The standard InChI is InChI=1S/C27H31N7O.C2HF3O2/c35-23-12-10-20(11-13-23)5-4-14-29-25-31-26(33-27(32-25)34-17-15-28-16-18-34)30-19-22-8-3-7-21-6-1-2-9-24(21)22;3-2(4,5)1(6)7/h1-3,6-13,28,35H,4-5,14-19H2,(H2,29,30,31,32,33);(H,6,7). The number of aryl methyl sites for hydroxylation is 1. The highest BCUT2D eigenvalue weighted by Crippen LogP contribution is 2.21. The Hall–Kier alpha value is -4.65. The number of hydrogen-bond acceptors (Lipinski definition) is 9. The number of aromatic nitrogens is 3. The number of piperazine rings is 1. The van der Waals surface area contributed by atoms with Crippen LogP contribution in [0.1, 0.15) is 17.5 Å². The topological polar surface area (TPSA) is 136 Å². The molecule has 42 heavy (non-hydrogen) atoms. The summed E-state index contributed by atoms with van der Waals surface area (Å²) in [4.78, 5) is 25.2. The first-order valence-electron chi connectivity index (χ1n) is 13.4. The molecule has 1 aliphatic rings. The molecule has 0 spiro atoms. The average molecular weight is 584 g/mol. The molecule has 0 radical (unpaired) electrons. The molecule has 1 fully saturated rings. The molecule has 5 N–H and O–H groups in total. The van der Waals surface area contributed by atoms with Gasteiger partial charge < -0.3 is 31.1 Å². The first-order valence-corrected chi connectivity index (χ1v) is 13.4. The third kappa shape index (κ3) is 8.93. The number of carboxylic acids is 1. The van der Waals surface area contributed by atoms with E-state index in [-0.39, 0.29) is 0 Å². The number of carboxylic acid groups (broad SMARTS) is 1. The lowest BCUT2D eigenvalue weighted by atomic mass is 10.0. The molecule has 0 atom stereocenters. The van der Waals surface area contributed by atoms with Crippen LogP contribution in [0.15, 0.2) is 66.7 Å². The summed E-state index contributed by atoms with van der Waals surface area (Å²) >= 11 is 0. The number of benzene rings is 3. The van der Waals surface area contributed by atoms with Crippen molar-refractivity contribution in [3.8, 4) is 5.75 Å². The van der Waals surface area contributed by atoms with Crippen molar-refractivity contribution < 1.29 is 28.2 Å². The maximum Gasteiger partial charge on any atom is 0.490 e. The maximum absolute atomic E-state index is 10.6. The van der Waals surface area contributed by atoms with Crippen molar-refractivity contribution >= 4 is 34.6 Å². The maximum atomic E-state index is 10.6. The Kier molecular flexibility index (Phi) is 10.3. The number of phenols is 1. The van der Waals surface area contributed by atoms with E-state index in [1.54, 1.807) is 12.1 Å². The fourth-order valence-electron chi connectivity index (χ4n) is 4.31. The fourth-order valence-corrected chi connectivity index (χ4v) is 4.31. The summed E-state index contributed by atoms with van der Waals surface area (Å²) in [6.45, 7) is 4.95. The molecule has 2 heterocycles. The zero-order valence-corrected chi connectivity index (χ0v) is 22.7. The van der Waals surface area contributed by atoms with Gasteiger partial charge in [0, 0.05) is 39.3 Å². The molecule has 5 rings (SSSR count). The second-order valence-electron chi connectivity index (χ2n) is 9.51. The normalized spacial score (nSPS) is 13.3. The molecule has 222 valence electrons. The van der Waals surface area contributed by atoms with Gasteiger partial charge in [0.05, 0.1) is 0 Å². The lowest BCUT2D eigenvalue weighted by Crippen LogP contribution is -2.44. The van der Waals surface area contributed by atoms with Gasteiger partial charge in [-0.3, -0.25) is 0 Å². The molecule has 1 saturated heterocycles. The number of phenolic OH excluding ortho intramolecular Hbond substituents is 1. The molecule has 13 heteroatoms. The Bertz CT molecular complexity index is 1460. The van der Waals surface area contributed by atoms with Crippen molar-refractivity contribution in [2.75, 3.05) is 48.3 Å². The molecule has 0 aliphatic carbocycles. The number of alkyl halides is 3. The van der Waals surface area contributed by atoms with E-state index < -0.39 is 12.1 Å². The minimum Gasteiger partial charge on any atom is -0.508 e. The SMILES string of the molecule is O=C(O)C(F)(F)F.Oc1ccc(CCCNc2nc(NCc3cccc4ccccc34)nc(N3CCNCC3)n2)cc1. The number of anilines is 3. The van der Waals surface area contributed by atoms with Crippen LogP contribution in [0.2, 0.25) is 0 Å². The Labute approximate surface area is 240 Å². The number of nitrogens with zero attached hydrogens (tertiary/aromatic N) is 4. The van der Waals surface area contributed by atoms with Gasteiger partial charge in [0.15, 0.2) is 0 Å². The number of aromatic hydroxyl groups is 1. The van der Waals surface area contributed by atoms with Crippen LogP contribution in [-0.2, 0) is 17.8 Å². The van der Waals surface area contributed by atoms with Crippen LogP contribution in [0.25, 0.3) is 10.8 Å². The van der Waals surface area contributed by atoms with E-state index in [9.17, 15) is 18.3 Å². The summed E-state index contributed by atoms with van der Waals surface area (Å²) in [5.74, 6) is -0.612. The summed E-state index contributed by atoms with van der Waals surface area (Å²) < 4.78 is 31.7. The summed E-state index contributed by atoms with van der Waals surface area (Å²) in [5, 5.41) is 29.2. The molecule has 3 aromatic carbocycles. The molecule has 0 amide bonds. The quantitative estimate of drug-likeness (QED) is 0.180. The van der Waals surface area contributed by atoms with Crippen LogP contribution >= 0.6 is 0 Å². The second kappa shape index (κ2) is 14.3. The molecule has 1 aliphatic heterocycles. The van der Waals surface area contributed by atoms with Crippen LogP contribution in [0.3, 0.4) is 0 Å². The van der Waals surface area contributed by atoms with E-state index >= 15 is 0 Å². The van der Waals surface area contributed by atoms with Gasteiger partial charge in [-0.2, -0.15) is 28.1 Å². The van der Waals surface area contributed by atoms with Gasteiger partial charge in [-0.1, -0.05) is 54.6 Å². The van der Waals surface area contributed by atoms with Crippen LogP contribution in [0, 0.1) is 0 Å². The molecule has 4 aromatic rings. The van der Waals surface area contributed by atoms with Crippen molar-refractivity contribution in [3.63, 3.8) is 0 Å². The Morgan fingerprint density at radius 2 is 1.55 bits per heavy atom. The molecule has 0 saturated carbocycles. The van der Waals surface area contributed by atoms with E-state index in [0.29, 0.717) is 30.1 Å². The van der Waals surface area contributed by atoms with Crippen LogP contribution < -0.4 is 20.9 Å². The van der Waals surface area contributed by atoms with E-state index in [0.717, 1.165) is 45.6 Å². The van der Waals surface area contributed by atoms with Gasteiger partial charge in [-0.15, -0.1) is 0 Å². The van der Waals surface area contributed by atoms with E-state index in [2.05, 4.69) is 68.3 Å². The minimum atomic E-state index is -5.08. The van der Waals surface area contributed by atoms with Crippen molar-refractivity contribution in [1.29, 1.82) is 0 Å². The highest BCUT2D eigenvalue weighted by atomic mass is 19.4. The van der Waals surface area contributed by atoms with Gasteiger partial charge in [-0.25, -0.2) is 4.79 Å². The summed E-state index contributed by atoms with van der Waals surface area (Å²) in [5.41, 5.74) is 2.40. The molecular weight excluding hydrogens is 551 g/mol. The van der Waals surface area contributed by atoms with E-state index in [1.165, 1.54) is 21.9 Å². The van der Waals surface area contributed by atoms with Crippen molar-refractivity contribution in [1.82, 2.24) is 20.3 Å². The zero-order valence-electron chi connectivity index (χ0n) is 22.7. The van der Waals surface area contributed by atoms with E-state index in [4.69, 9.17) is 19.9 Å². The molecular formula is C29H32F3N7O3. The fraction of sp³-hybridized carbons (Fsp3) is 0.310. The number of fused-ring (bicyclic) bond motifs is 1. The smallest absolute Gasteiger partial charge is 0.490 e. The van der Waals surface area contributed by atoms with Crippen molar-refractivity contribution in [2.24, 2.45) is 0 Å². The van der Waals surface area contributed by atoms with Crippen LogP contribution in [0.5, 0.6) is 5.75 Å². The third-order valence-corrected chi connectivity index (χ3v) is 6.44. The third-order valence-electron chi connectivity index (χ3n) is 6.44. The summed E-state index contributed by atoms with van der Waals surface area (Å²) in [6, 6.07) is 22.1. The molecule has 10 nitrogen and oxygen atoms in total. The number of halogens is 3. The Morgan fingerprint density at radius 3 is 2.24 bits per heavy atom. The molecule has 0 unspecified atom stereocenters. The zero-order chi connectivity index (χ0) is 30.0. The largest absolute Gasteiger partial charge is 0.508 e. The van der Waals surface area contributed by atoms with Crippen molar-refractivity contribution in [3.05, 3.63) is 77.9 Å². The van der Waals surface area contributed by atoms with Gasteiger partial charge >= 0.3 is 12.1 Å². The predicted molar refractivity (Wildman–Crippen MR) is 155 cm³/mol.